The summed E-state index contributed by atoms with van der Waals surface area (Å²) in [4.78, 5) is 33.4. The Bertz CT molecular complexity index is 660. The topological polar surface area (TPSA) is 56.8 Å². The predicted octanol–water partition coefficient (Wildman–Crippen LogP) is 2.57. The van der Waals surface area contributed by atoms with Crippen molar-refractivity contribution in [3.8, 4) is 0 Å². The quantitative estimate of drug-likeness (QED) is 0.746. The Morgan fingerprint density at radius 3 is 2.26 bits per heavy atom. The highest BCUT2D eigenvalue weighted by Gasteiger charge is 2.26. The number of nitrogens with zero attached hydrogens (tertiary/aromatic N) is 4. The molecule has 1 aromatic rings. The summed E-state index contributed by atoms with van der Waals surface area (Å²) < 4.78 is 0. The van der Waals surface area contributed by atoms with E-state index in [4.69, 9.17) is 0 Å². The van der Waals surface area contributed by atoms with Gasteiger partial charge >= 0.3 is 0 Å². The molecular formula is C21H32N4O2. The van der Waals surface area contributed by atoms with E-state index >= 15 is 0 Å². The second-order valence-corrected chi connectivity index (χ2v) is 8.31. The van der Waals surface area contributed by atoms with Crippen molar-refractivity contribution >= 4 is 18.1 Å². The van der Waals surface area contributed by atoms with Gasteiger partial charge in [0.15, 0.2) is 0 Å². The Balaban J connectivity index is 1.51. The number of hydrogen-bond acceptors (Lipinski definition) is 4. The SMILES string of the molecule is Cc1cc(N2CCC(CC3CCN(C=O)CC3)CC2)ncc1C(=O)N(C)C. The molecule has 0 radical (unpaired) electrons. The minimum Gasteiger partial charge on any atom is -0.357 e. The minimum absolute atomic E-state index is 0.00545. The Labute approximate surface area is 162 Å². The van der Waals surface area contributed by atoms with Gasteiger partial charge in [-0.3, -0.25) is 9.59 Å². The monoisotopic (exact) mass is 372 g/mol. The van der Waals surface area contributed by atoms with Gasteiger partial charge in [0.05, 0.1) is 5.56 Å². The van der Waals surface area contributed by atoms with Crippen molar-refractivity contribution in [1.29, 1.82) is 0 Å². The fourth-order valence-corrected chi connectivity index (χ4v) is 4.34. The van der Waals surface area contributed by atoms with E-state index in [1.165, 1.54) is 19.3 Å². The van der Waals surface area contributed by atoms with Crippen LogP contribution in [-0.4, -0.2) is 67.4 Å². The van der Waals surface area contributed by atoms with Crippen LogP contribution < -0.4 is 4.90 Å². The summed E-state index contributed by atoms with van der Waals surface area (Å²) in [5.74, 6) is 2.55. The maximum absolute atomic E-state index is 12.2. The lowest BCUT2D eigenvalue weighted by Crippen LogP contribution is -2.37. The highest BCUT2D eigenvalue weighted by atomic mass is 16.2. The third-order valence-corrected chi connectivity index (χ3v) is 6.14. The summed E-state index contributed by atoms with van der Waals surface area (Å²) in [7, 11) is 3.53. The molecule has 6 heteroatoms. The van der Waals surface area contributed by atoms with Gasteiger partial charge in [-0.15, -0.1) is 0 Å². The molecule has 2 saturated heterocycles. The molecule has 0 bridgehead atoms. The van der Waals surface area contributed by atoms with E-state index in [1.54, 1.807) is 25.2 Å². The number of carbonyl (C=O) groups is 2. The number of rotatable bonds is 5. The molecule has 27 heavy (non-hydrogen) atoms. The standard InChI is InChI=1S/C21H32N4O2/c1-16-12-20(22-14-19(16)21(27)23(2)3)25-10-6-18(7-11-25)13-17-4-8-24(15-26)9-5-17/h12,14-15,17-18H,4-11,13H2,1-3H3. The predicted molar refractivity (Wildman–Crippen MR) is 107 cm³/mol. The van der Waals surface area contributed by atoms with Gasteiger partial charge in [-0.05, 0) is 62.5 Å². The third kappa shape index (κ3) is 4.79. The fourth-order valence-electron chi connectivity index (χ4n) is 4.34. The lowest BCUT2D eigenvalue weighted by Gasteiger charge is -2.36. The second-order valence-electron chi connectivity index (χ2n) is 8.31. The number of piperidine rings is 2. The Morgan fingerprint density at radius 1 is 1.15 bits per heavy atom. The van der Waals surface area contributed by atoms with Crippen LogP contribution >= 0.6 is 0 Å². The van der Waals surface area contributed by atoms with Gasteiger partial charge in [0.25, 0.3) is 5.91 Å². The summed E-state index contributed by atoms with van der Waals surface area (Å²) in [5.41, 5.74) is 1.67. The van der Waals surface area contributed by atoms with Crippen molar-refractivity contribution in [2.24, 2.45) is 11.8 Å². The van der Waals surface area contributed by atoms with Crippen molar-refractivity contribution in [1.82, 2.24) is 14.8 Å². The van der Waals surface area contributed by atoms with Crippen molar-refractivity contribution in [3.05, 3.63) is 23.4 Å². The number of amides is 2. The molecule has 0 aromatic carbocycles. The van der Waals surface area contributed by atoms with Gasteiger partial charge in [-0.1, -0.05) is 0 Å². The summed E-state index contributed by atoms with van der Waals surface area (Å²) in [6.07, 6.45) is 8.71. The largest absolute Gasteiger partial charge is 0.357 e. The third-order valence-electron chi connectivity index (χ3n) is 6.14. The van der Waals surface area contributed by atoms with Crippen LogP contribution in [0.1, 0.15) is 48.0 Å². The van der Waals surface area contributed by atoms with Crippen LogP contribution in [0.25, 0.3) is 0 Å². The number of hydrogen-bond donors (Lipinski definition) is 0. The fraction of sp³-hybridized carbons (Fsp3) is 0.667. The molecule has 148 valence electrons. The summed E-state index contributed by atoms with van der Waals surface area (Å²) in [5, 5.41) is 0. The Kier molecular flexibility index (Phi) is 6.34. The van der Waals surface area contributed by atoms with Crippen LogP contribution in [0.2, 0.25) is 0 Å². The highest BCUT2D eigenvalue weighted by molar-refractivity contribution is 5.95. The Hall–Kier alpha value is -2.11. The molecule has 2 aliphatic rings. The average Bonchev–Trinajstić information content (AvgIpc) is 2.68. The van der Waals surface area contributed by atoms with E-state index in [9.17, 15) is 9.59 Å². The van der Waals surface area contributed by atoms with E-state index in [0.29, 0.717) is 5.56 Å². The molecule has 2 fully saturated rings. The van der Waals surface area contributed by atoms with Crippen LogP contribution in [0.15, 0.2) is 12.3 Å². The van der Waals surface area contributed by atoms with E-state index in [1.807, 2.05) is 17.9 Å². The lowest BCUT2D eigenvalue weighted by molar-refractivity contribution is -0.119. The maximum atomic E-state index is 12.2. The zero-order chi connectivity index (χ0) is 19.4. The van der Waals surface area contributed by atoms with E-state index < -0.39 is 0 Å². The average molecular weight is 373 g/mol. The van der Waals surface area contributed by atoms with Gasteiger partial charge in [-0.2, -0.15) is 0 Å². The number of aryl methyl sites for hydroxylation is 1. The molecule has 0 unspecified atom stereocenters. The van der Waals surface area contributed by atoms with E-state index in [2.05, 4.69) is 9.88 Å². The number of pyridine rings is 1. The summed E-state index contributed by atoms with van der Waals surface area (Å²) >= 11 is 0. The normalized spacial score (nSPS) is 19.2. The molecule has 0 atom stereocenters. The number of carbonyl (C=O) groups excluding carboxylic acids is 2. The molecule has 2 amide bonds. The van der Waals surface area contributed by atoms with Crippen molar-refractivity contribution in [2.45, 2.75) is 39.0 Å². The first kappa shape index (κ1) is 19.6. The molecule has 0 saturated carbocycles. The number of likely N-dealkylation sites (tertiary alicyclic amines) is 1. The van der Waals surface area contributed by atoms with Gasteiger partial charge in [0.2, 0.25) is 6.41 Å². The molecule has 3 rings (SSSR count). The zero-order valence-corrected chi connectivity index (χ0v) is 16.9. The molecule has 0 aliphatic carbocycles. The van der Waals surface area contributed by atoms with Gasteiger partial charge in [0.1, 0.15) is 5.82 Å². The molecule has 1 aromatic heterocycles. The van der Waals surface area contributed by atoms with E-state index in [0.717, 1.165) is 68.6 Å². The zero-order valence-electron chi connectivity index (χ0n) is 16.9. The van der Waals surface area contributed by atoms with Gasteiger partial charge < -0.3 is 14.7 Å². The van der Waals surface area contributed by atoms with Crippen molar-refractivity contribution in [3.63, 3.8) is 0 Å². The smallest absolute Gasteiger partial charge is 0.255 e. The molecule has 6 nitrogen and oxygen atoms in total. The summed E-state index contributed by atoms with van der Waals surface area (Å²) in [6.45, 7) is 5.90. The molecule has 0 spiro atoms. The molecular weight excluding hydrogens is 340 g/mol. The molecule has 3 heterocycles. The van der Waals surface area contributed by atoms with Gasteiger partial charge in [0, 0.05) is 46.5 Å². The first-order valence-corrected chi connectivity index (χ1v) is 10.1. The minimum atomic E-state index is 0.00545. The number of aromatic nitrogens is 1. The van der Waals surface area contributed by atoms with Crippen LogP contribution in [-0.2, 0) is 4.79 Å². The maximum Gasteiger partial charge on any atom is 0.255 e. The van der Waals surface area contributed by atoms with Crippen LogP contribution in [0.3, 0.4) is 0 Å². The van der Waals surface area contributed by atoms with E-state index in [-0.39, 0.29) is 5.91 Å². The van der Waals surface area contributed by atoms with Crippen LogP contribution in [0, 0.1) is 18.8 Å². The van der Waals surface area contributed by atoms with Crippen molar-refractivity contribution < 1.29 is 9.59 Å². The molecule has 0 N–H and O–H groups in total. The van der Waals surface area contributed by atoms with Gasteiger partial charge in [-0.25, -0.2) is 4.98 Å². The first-order valence-electron chi connectivity index (χ1n) is 10.1. The lowest BCUT2D eigenvalue weighted by atomic mass is 9.83. The second kappa shape index (κ2) is 8.72. The number of anilines is 1. The highest BCUT2D eigenvalue weighted by Crippen LogP contribution is 2.31. The van der Waals surface area contributed by atoms with Crippen molar-refractivity contribution in [2.75, 3.05) is 45.2 Å². The summed E-state index contributed by atoms with van der Waals surface area (Å²) in [6, 6.07) is 2.05. The van der Waals surface area contributed by atoms with Crippen LogP contribution in [0.4, 0.5) is 5.82 Å². The Morgan fingerprint density at radius 2 is 1.74 bits per heavy atom. The molecule has 2 aliphatic heterocycles. The van der Waals surface area contributed by atoms with Crippen LogP contribution in [0.5, 0.6) is 0 Å². The first-order chi connectivity index (χ1) is 13.0.